The van der Waals surface area contributed by atoms with E-state index in [0.717, 1.165) is 24.0 Å². The molecule has 1 N–H and O–H groups in total. The Labute approximate surface area is 211 Å². The highest BCUT2D eigenvalue weighted by Crippen LogP contribution is 2.17. The molecule has 0 saturated carbocycles. The molecule has 3 aromatic carbocycles. The monoisotopic (exact) mass is 490 g/mol. The largest absolute Gasteiger partial charge is 0.484 e. The van der Waals surface area contributed by atoms with E-state index in [4.69, 9.17) is 9.47 Å². The Bertz CT molecular complexity index is 1100. The molecule has 1 aliphatic heterocycles. The SMILES string of the molecule is O=C(NC[C@H]1CCCO1)[C@H](Cc1ccccc1)N(Cc1ccc(F)cc1)C(=O)COc1ccccc1. The van der Waals surface area contributed by atoms with Gasteiger partial charge in [-0.3, -0.25) is 9.59 Å². The van der Waals surface area contributed by atoms with E-state index in [-0.39, 0.29) is 36.9 Å². The first-order valence-electron chi connectivity index (χ1n) is 12.2. The van der Waals surface area contributed by atoms with Crippen LogP contribution in [0.4, 0.5) is 4.39 Å². The van der Waals surface area contributed by atoms with Gasteiger partial charge in [-0.15, -0.1) is 0 Å². The van der Waals surface area contributed by atoms with Crippen LogP contribution in [0.2, 0.25) is 0 Å². The van der Waals surface area contributed by atoms with Crippen molar-refractivity contribution in [3.8, 4) is 5.75 Å². The van der Waals surface area contributed by atoms with Crippen LogP contribution in [0.15, 0.2) is 84.9 Å². The van der Waals surface area contributed by atoms with E-state index in [9.17, 15) is 14.0 Å². The number of benzene rings is 3. The third kappa shape index (κ3) is 7.39. The van der Waals surface area contributed by atoms with E-state index >= 15 is 0 Å². The minimum Gasteiger partial charge on any atom is -0.484 e. The first kappa shape index (κ1) is 25.4. The maximum atomic E-state index is 13.5. The molecule has 36 heavy (non-hydrogen) atoms. The lowest BCUT2D eigenvalue weighted by Gasteiger charge is -2.31. The summed E-state index contributed by atoms with van der Waals surface area (Å²) in [6.07, 6.45) is 2.18. The van der Waals surface area contributed by atoms with Gasteiger partial charge in [-0.25, -0.2) is 4.39 Å². The van der Waals surface area contributed by atoms with Crippen LogP contribution in [-0.2, 0) is 27.3 Å². The van der Waals surface area contributed by atoms with Crippen LogP contribution in [-0.4, -0.2) is 48.6 Å². The van der Waals surface area contributed by atoms with Crippen molar-refractivity contribution < 1.29 is 23.5 Å². The number of amides is 2. The third-order valence-electron chi connectivity index (χ3n) is 6.17. The maximum Gasteiger partial charge on any atom is 0.261 e. The van der Waals surface area contributed by atoms with Gasteiger partial charge in [0.15, 0.2) is 6.61 Å². The lowest BCUT2D eigenvalue weighted by atomic mass is 10.0. The second kappa shape index (κ2) is 12.8. The molecule has 2 amide bonds. The van der Waals surface area contributed by atoms with E-state index in [1.54, 1.807) is 24.3 Å². The van der Waals surface area contributed by atoms with Gasteiger partial charge in [0, 0.05) is 26.1 Å². The summed E-state index contributed by atoms with van der Waals surface area (Å²) in [6.45, 7) is 1.00. The standard InChI is InChI=1S/C29H31FN2O4/c30-24-15-13-23(14-16-24)20-32(28(33)21-36-25-10-5-2-6-11-25)27(18-22-8-3-1-4-9-22)29(34)31-19-26-12-7-17-35-26/h1-6,8-11,13-16,26-27H,7,12,17-21H2,(H,31,34)/t26-,27+/m1/s1. The van der Waals surface area contributed by atoms with Gasteiger partial charge in [-0.2, -0.15) is 0 Å². The zero-order chi connectivity index (χ0) is 25.2. The number of halogens is 1. The number of para-hydroxylation sites is 1. The van der Waals surface area contributed by atoms with Gasteiger partial charge in [0.1, 0.15) is 17.6 Å². The molecule has 0 spiro atoms. The van der Waals surface area contributed by atoms with E-state index < -0.39 is 6.04 Å². The van der Waals surface area contributed by atoms with E-state index in [1.165, 1.54) is 17.0 Å². The zero-order valence-electron chi connectivity index (χ0n) is 20.1. The molecule has 4 rings (SSSR count). The fraction of sp³-hybridized carbons (Fsp3) is 0.310. The molecule has 1 fully saturated rings. The Morgan fingerprint density at radius 1 is 0.972 bits per heavy atom. The normalized spacial score (nSPS) is 15.8. The Kier molecular flexibility index (Phi) is 9.05. The molecule has 188 valence electrons. The number of hydrogen-bond acceptors (Lipinski definition) is 4. The summed E-state index contributed by atoms with van der Waals surface area (Å²) in [5.41, 5.74) is 1.64. The minimum atomic E-state index is -0.786. The average molecular weight is 491 g/mol. The number of carbonyl (C=O) groups excluding carboxylic acids is 2. The van der Waals surface area contributed by atoms with Gasteiger partial charge in [-0.05, 0) is 48.2 Å². The van der Waals surface area contributed by atoms with E-state index in [0.29, 0.717) is 25.3 Å². The van der Waals surface area contributed by atoms with Crippen LogP contribution in [0.25, 0.3) is 0 Å². The van der Waals surface area contributed by atoms with Gasteiger partial charge in [-0.1, -0.05) is 60.7 Å². The lowest BCUT2D eigenvalue weighted by molar-refractivity contribution is -0.143. The van der Waals surface area contributed by atoms with Crippen molar-refractivity contribution in [1.29, 1.82) is 0 Å². The van der Waals surface area contributed by atoms with Crippen LogP contribution in [0, 0.1) is 5.82 Å². The summed E-state index contributed by atoms with van der Waals surface area (Å²) in [5, 5.41) is 2.99. The number of nitrogens with one attached hydrogen (secondary N) is 1. The van der Waals surface area contributed by atoms with Crippen LogP contribution in [0.5, 0.6) is 5.75 Å². The molecular weight excluding hydrogens is 459 g/mol. The maximum absolute atomic E-state index is 13.5. The first-order chi connectivity index (χ1) is 17.6. The van der Waals surface area contributed by atoms with E-state index in [1.807, 2.05) is 48.5 Å². The molecule has 1 saturated heterocycles. The Hall–Kier alpha value is -3.71. The van der Waals surface area contributed by atoms with Crippen molar-refractivity contribution in [3.05, 3.63) is 102 Å². The Morgan fingerprint density at radius 3 is 2.33 bits per heavy atom. The Morgan fingerprint density at radius 2 is 1.67 bits per heavy atom. The summed E-state index contributed by atoms with van der Waals surface area (Å²) in [4.78, 5) is 28.5. The molecule has 0 bridgehead atoms. The predicted octanol–water partition coefficient (Wildman–Crippen LogP) is 4.14. The minimum absolute atomic E-state index is 0.0195. The molecule has 0 unspecified atom stereocenters. The van der Waals surface area contributed by atoms with Crippen LogP contribution < -0.4 is 10.1 Å². The quantitative estimate of drug-likeness (QED) is 0.439. The molecule has 6 nitrogen and oxygen atoms in total. The number of nitrogens with zero attached hydrogens (tertiary/aromatic N) is 1. The third-order valence-corrected chi connectivity index (χ3v) is 6.17. The smallest absolute Gasteiger partial charge is 0.261 e. The molecule has 7 heteroatoms. The van der Waals surface area contributed by atoms with Gasteiger partial charge < -0.3 is 19.7 Å². The van der Waals surface area contributed by atoms with Crippen molar-refractivity contribution in [3.63, 3.8) is 0 Å². The summed E-state index contributed by atoms with van der Waals surface area (Å²) in [7, 11) is 0. The van der Waals surface area contributed by atoms with Crippen LogP contribution in [0.1, 0.15) is 24.0 Å². The highest BCUT2D eigenvalue weighted by molar-refractivity contribution is 5.88. The van der Waals surface area contributed by atoms with Crippen LogP contribution >= 0.6 is 0 Å². The Balaban J connectivity index is 1.57. The predicted molar refractivity (Wildman–Crippen MR) is 135 cm³/mol. The summed E-state index contributed by atoms with van der Waals surface area (Å²) in [6, 6.07) is 23.8. The van der Waals surface area contributed by atoms with Gasteiger partial charge in [0.2, 0.25) is 5.91 Å². The molecule has 0 radical (unpaired) electrons. The van der Waals surface area contributed by atoms with Crippen molar-refractivity contribution in [2.75, 3.05) is 19.8 Å². The summed E-state index contributed by atoms with van der Waals surface area (Å²) >= 11 is 0. The lowest BCUT2D eigenvalue weighted by Crippen LogP contribution is -2.52. The second-order valence-corrected chi connectivity index (χ2v) is 8.84. The number of ether oxygens (including phenoxy) is 2. The molecule has 2 atom stereocenters. The number of hydrogen-bond donors (Lipinski definition) is 1. The van der Waals surface area contributed by atoms with Crippen molar-refractivity contribution in [1.82, 2.24) is 10.2 Å². The fourth-order valence-electron chi connectivity index (χ4n) is 4.22. The second-order valence-electron chi connectivity index (χ2n) is 8.84. The van der Waals surface area contributed by atoms with Gasteiger partial charge >= 0.3 is 0 Å². The molecular formula is C29H31FN2O4. The summed E-state index contributed by atoms with van der Waals surface area (Å²) in [5.74, 6) is -0.393. The fourth-order valence-corrected chi connectivity index (χ4v) is 4.22. The molecule has 3 aromatic rings. The highest BCUT2D eigenvalue weighted by Gasteiger charge is 2.31. The van der Waals surface area contributed by atoms with E-state index in [2.05, 4.69) is 5.32 Å². The highest BCUT2D eigenvalue weighted by atomic mass is 19.1. The van der Waals surface area contributed by atoms with Gasteiger partial charge in [0.05, 0.1) is 6.10 Å². The van der Waals surface area contributed by atoms with Crippen molar-refractivity contribution in [2.45, 2.75) is 38.0 Å². The number of carbonyl (C=O) groups is 2. The average Bonchev–Trinajstić information content (AvgIpc) is 3.44. The summed E-state index contributed by atoms with van der Waals surface area (Å²) < 4.78 is 24.9. The van der Waals surface area contributed by atoms with Gasteiger partial charge in [0.25, 0.3) is 5.91 Å². The molecule has 1 heterocycles. The zero-order valence-corrected chi connectivity index (χ0v) is 20.1. The van der Waals surface area contributed by atoms with Crippen molar-refractivity contribution >= 4 is 11.8 Å². The first-order valence-corrected chi connectivity index (χ1v) is 12.2. The molecule has 1 aliphatic rings. The van der Waals surface area contributed by atoms with Crippen LogP contribution in [0.3, 0.4) is 0 Å². The number of rotatable bonds is 11. The van der Waals surface area contributed by atoms with Crippen molar-refractivity contribution in [2.24, 2.45) is 0 Å². The molecule has 0 aromatic heterocycles. The molecule has 0 aliphatic carbocycles. The topological polar surface area (TPSA) is 67.9 Å².